The van der Waals surface area contributed by atoms with Gasteiger partial charge in [-0.2, -0.15) is 13.5 Å². The van der Waals surface area contributed by atoms with Crippen LogP contribution in [0.15, 0.2) is 18.2 Å². The molecule has 0 radical (unpaired) electrons. The van der Waals surface area contributed by atoms with Crippen molar-refractivity contribution in [2.24, 2.45) is 16.9 Å². The van der Waals surface area contributed by atoms with Gasteiger partial charge >= 0.3 is 0 Å². The van der Waals surface area contributed by atoms with E-state index in [0.717, 1.165) is 11.9 Å². The van der Waals surface area contributed by atoms with E-state index in [0.29, 0.717) is 66.7 Å². The van der Waals surface area contributed by atoms with E-state index in [1.165, 1.54) is 0 Å². The minimum absolute atomic E-state index is 0.0226. The van der Waals surface area contributed by atoms with Crippen LogP contribution in [0.4, 0.5) is 5.69 Å². The number of anilines is 1. The number of nitrogens with zero attached hydrogens (tertiary/aromatic N) is 2. The topological polar surface area (TPSA) is 159 Å². The summed E-state index contributed by atoms with van der Waals surface area (Å²) in [7, 11) is -3.50. The molecule has 5 N–H and O–H groups in total. The van der Waals surface area contributed by atoms with Crippen molar-refractivity contribution in [1.29, 1.82) is 0 Å². The summed E-state index contributed by atoms with van der Waals surface area (Å²) in [5.41, 5.74) is 15.0. The van der Waals surface area contributed by atoms with E-state index in [1.807, 2.05) is 6.07 Å². The summed E-state index contributed by atoms with van der Waals surface area (Å²) < 4.78 is 29.7. The van der Waals surface area contributed by atoms with Crippen LogP contribution in [0, 0.1) is 5.41 Å². The Morgan fingerprint density at radius 2 is 1.91 bits per heavy atom. The molecule has 0 spiro atoms. The number of nitrogens with two attached hydrogens (primary N) is 2. The van der Waals surface area contributed by atoms with E-state index in [9.17, 15) is 18.0 Å². The van der Waals surface area contributed by atoms with Crippen molar-refractivity contribution in [2.75, 3.05) is 11.6 Å². The second-order valence-corrected chi connectivity index (χ2v) is 11.9. The lowest BCUT2D eigenvalue weighted by Gasteiger charge is -2.30. The number of hydrogen-bond donors (Lipinski definition) is 3. The Kier molecular flexibility index (Phi) is 6.78. The van der Waals surface area contributed by atoms with Gasteiger partial charge in [0.05, 0.1) is 40.6 Å². The molecular weight excluding hydrogens is 470 g/mol. The fourth-order valence-electron chi connectivity index (χ4n) is 5.15. The second-order valence-electron chi connectivity index (χ2n) is 10.3. The van der Waals surface area contributed by atoms with Crippen LogP contribution in [-0.4, -0.2) is 48.3 Å². The number of nitrogens with one attached hydrogen (secondary N) is 1. The maximum absolute atomic E-state index is 12.9. The summed E-state index contributed by atoms with van der Waals surface area (Å²) in [6.45, 7) is 4.27. The van der Waals surface area contributed by atoms with Crippen LogP contribution in [-0.2, 0) is 27.3 Å². The number of Topliss-reactive ketones (excluding diaryl/α,β-unsaturated/α-hetero) is 1. The molecule has 4 rings (SSSR count). The van der Waals surface area contributed by atoms with E-state index in [2.05, 4.69) is 24.3 Å². The molecule has 2 aliphatic carbocycles. The van der Waals surface area contributed by atoms with Crippen LogP contribution in [0.1, 0.15) is 78.1 Å². The molecule has 2 aliphatic rings. The number of benzene rings is 1. The number of carbonyl (C=O) groups is 2. The molecule has 190 valence electrons. The van der Waals surface area contributed by atoms with Crippen molar-refractivity contribution in [3.63, 3.8) is 0 Å². The molecule has 10 nitrogen and oxygen atoms in total. The van der Waals surface area contributed by atoms with Gasteiger partial charge < -0.3 is 16.8 Å². The molecule has 1 saturated carbocycles. The monoisotopic (exact) mass is 503 g/mol. The predicted molar refractivity (Wildman–Crippen MR) is 132 cm³/mol. The van der Waals surface area contributed by atoms with Crippen LogP contribution in [0.3, 0.4) is 0 Å². The minimum atomic E-state index is -3.50. The maximum Gasteiger partial charge on any atom is 0.264 e. The van der Waals surface area contributed by atoms with Crippen LogP contribution in [0.5, 0.6) is 0 Å². The standard InChI is InChI=1S/C24H33N5O5S/c1-24(2)11-20-22(21(30)12-24)19(13-25)28-29(20)15-6-9-17(23(26)31)18(10-15)27-14-4-7-16(8-5-14)34-35(3,32)33/h6,9-10,14,16,27H,4-5,7-8,11-13,25H2,1-3H3,(H2,26,31)/t14-,16-. The summed E-state index contributed by atoms with van der Waals surface area (Å²) in [5.74, 6) is -0.516. The van der Waals surface area contributed by atoms with E-state index >= 15 is 0 Å². The number of carbonyl (C=O) groups excluding carboxylic acids is 2. The van der Waals surface area contributed by atoms with Gasteiger partial charge in [0, 0.05) is 24.7 Å². The first-order valence-electron chi connectivity index (χ1n) is 11.8. The van der Waals surface area contributed by atoms with Gasteiger partial charge in [-0.25, -0.2) is 4.68 Å². The zero-order valence-corrected chi connectivity index (χ0v) is 21.2. The molecule has 0 saturated heterocycles. The molecule has 1 aromatic heterocycles. The number of hydrogen-bond acceptors (Lipinski definition) is 8. The van der Waals surface area contributed by atoms with Crippen LogP contribution < -0.4 is 16.8 Å². The van der Waals surface area contributed by atoms with Gasteiger partial charge in [-0.1, -0.05) is 13.8 Å². The average molecular weight is 504 g/mol. The molecule has 1 fully saturated rings. The molecule has 0 bridgehead atoms. The smallest absolute Gasteiger partial charge is 0.264 e. The Labute approximate surface area is 205 Å². The van der Waals surface area contributed by atoms with Crippen molar-refractivity contribution in [3.05, 3.63) is 40.7 Å². The summed E-state index contributed by atoms with van der Waals surface area (Å²) in [5, 5.41) is 8.07. The zero-order valence-electron chi connectivity index (χ0n) is 20.3. The van der Waals surface area contributed by atoms with Crippen LogP contribution in [0.25, 0.3) is 5.69 Å². The first-order chi connectivity index (χ1) is 16.4. The molecule has 35 heavy (non-hydrogen) atoms. The number of rotatable bonds is 7. The third-order valence-electron chi connectivity index (χ3n) is 6.67. The SMILES string of the molecule is CC1(C)CC(=O)c2c(CN)nn(-c3ccc(C(N)=O)c(N[C@H]4CC[C@H](OS(C)(=O)=O)CC4)c3)c2C1. The fraction of sp³-hybridized carbons (Fsp3) is 0.542. The van der Waals surface area contributed by atoms with E-state index in [4.69, 9.17) is 15.7 Å². The first-order valence-corrected chi connectivity index (χ1v) is 13.6. The number of amides is 1. The average Bonchev–Trinajstić information content (AvgIpc) is 3.11. The maximum atomic E-state index is 12.9. The Balaban J connectivity index is 1.64. The number of fused-ring (bicyclic) bond motifs is 1. The Morgan fingerprint density at radius 1 is 1.23 bits per heavy atom. The summed E-state index contributed by atoms with van der Waals surface area (Å²) in [6.07, 6.45) is 4.36. The van der Waals surface area contributed by atoms with Crippen molar-refractivity contribution in [3.8, 4) is 5.69 Å². The first kappa shape index (κ1) is 25.3. The highest BCUT2D eigenvalue weighted by Gasteiger charge is 2.36. The fourth-order valence-corrected chi connectivity index (χ4v) is 5.84. The number of primary amides is 1. The molecule has 1 aromatic carbocycles. The van der Waals surface area contributed by atoms with Gasteiger partial charge in [0.2, 0.25) is 0 Å². The molecule has 2 aromatic rings. The quantitative estimate of drug-likeness (QED) is 0.485. The highest BCUT2D eigenvalue weighted by molar-refractivity contribution is 7.86. The van der Waals surface area contributed by atoms with Crippen molar-refractivity contribution in [1.82, 2.24) is 9.78 Å². The Bertz CT molecular complexity index is 1260. The second kappa shape index (κ2) is 9.36. The molecule has 0 unspecified atom stereocenters. The summed E-state index contributed by atoms with van der Waals surface area (Å²) in [4.78, 5) is 25.0. The lowest BCUT2D eigenvalue weighted by molar-refractivity contribution is 0.0909. The Morgan fingerprint density at radius 3 is 2.51 bits per heavy atom. The van der Waals surface area contributed by atoms with Gasteiger partial charge in [0.1, 0.15) is 0 Å². The van der Waals surface area contributed by atoms with Gasteiger partial charge in [0.25, 0.3) is 16.0 Å². The molecule has 1 amide bonds. The number of ketones is 1. The highest BCUT2D eigenvalue weighted by Crippen LogP contribution is 2.37. The highest BCUT2D eigenvalue weighted by atomic mass is 32.2. The molecule has 11 heteroatoms. The largest absolute Gasteiger partial charge is 0.382 e. The third kappa shape index (κ3) is 5.57. The van der Waals surface area contributed by atoms with E-state index in [1.54, 1.807) is 16.8 Å². The minimum Gasteiger partial charge on any atom is -0.382 e. The van der Waals surface area contributed by atoms with Gasteiger partial charge in [-0.3, -0.25) is 13.8 Å². The van der Waals surface area contributed by atoms with Crippen molar-refractivity contribution in [2.45, 2.75) is 71.1 Å². The predicted octanol–water partition coefficient (Wildman–Crippen LogP) is 2.28. The molecule has 0 atom stereocenters. The lowest BCUT2D eigenvalue weighted by Crippen LogP contribution is -2.31. The zero-order chi connectivity index (χ0) is 25.5. The summed E-state index contributed by atoms with van der Waals surface area (Å²) >= 11 is 0. The van der Waals surface area contributed by atoms with E-state index in [-0.39, 0.29) is 29.9 Å². The molecular formula is C24H33N5O5S. The third-order valence-corrected chi connectivity index (χ3v) is 7.29. The van der Waals surface area contributed by atoms with Gasteiger partial charge in [0.15, 0.2) is 5.78 Å². The van der Waals surface area contributed by atoms with Crippen molar-refractivity contribution < 1.29 is 22.2 Å². The summed E-state index contributed by atoms with van der Waals surface area (Å²) in [6, 6.07) is 5.26. The van der Waals surface area contributed by atoms with Gasteiger partial charge in [-0.15, -0.1) is 0 Å². The van der Waals surface area contributed by atoms with Gasteiger partial charge in [-0.05, 0) is 55.7 Å². The van der Waals surface area contributed by atoms with Crippen LogP contribution >= 0.6 is 0 Å². The van der Waals surface area contributed by atoms with E-state index < -0.39 is 16.0 Å². The Hall–Kier alpha value is -2.76. The molecule has 0 aliphatic heterocycles. The van der Waals surface area contributed by atoms with Crippen LogP contribution in [0.2, 0.25) is 0 Å². The number of aromatic nitrogens is 2. The molecule has 1 heterocycles. The normalized spacial score (nSPS) is 22.0. The van der Waals surface area contributed by atoms with Crippen molar-refractivity contribution >= 4 is 27.5 Å². The lowest BCUT2D eigenvalue weighted by atomic mass is 9.75.